The van der Waals surface area contributed by atoms with Gasteiger partial charge in [-0.2, -0.15) is 5.10 Å². The van der Waals surface area contributed by atoms with Crippen molar-refractivity contribution >= 4 is 29.3 Å². The molecule has 2 heterocycles. The van der Waals surface area contributed by atoms with Gasteiger partial charge < -0.3 is 10.1 Å². The number of amides is 1. The van der Waals surface area contributed by atoms with Gasteiger partial charge in [-0.25, -0.2) is 14.3 Å². The highest BCUT2D eigenvalue weighted by atomic mass is 35.5. The number of benzene rings is 1. The van der Waals surface area contributed by atoms with Crippen molar-refractivity contribution in [3.63, 3.8) is 0 Å². The highest BCUT2D eigenvalue weighted by molar-refractivity contribution is 6.36. The lowest BCUT2D eigenvalue weighted by atomic mass is 10.0. The van der Waals surface area contributed by atoms with E-state index in [2.05, 4.69) is 25.1 Å². The van der Waals surface area contributed by atoms with Crippen LogP contribution in [0.5, 0.6) is 5.75 Å². The topological polar surface area (TPSA) is 132 Å². The quantitative estimate of drug-likeness (QED) is 0.569. The summed E-state index contributed by atoms with van der Waals surface area (Å²) < 4.78 is 10.8. The molecule has 2 aromatic heterocycles. The summed E-state index contributed by atoms with van der Waals surface area (Å²) in [5, 5.41) is 10.6. The van der Waals surface area contributed by atoms with E-state index >= 15 is 0 Å². The van der Waals surface area contributed by atoms with Gasteiger partial charge in [0.15, 0.2) is 5.82 Å². The molecule has 0 spiro atoms. The second kappa shape index (κ2) is 9.36. The first kappa shape index (κ1) is 22.6. The van der Waals surface area contributed by atoms with Crippen LogP contribution < -0.4 is 21.4 Å². The lowest BCUT2D eigenvalue weighted by molar-refractivity contribution is 0.199. The van der Waals surface area contributed by atoms with Crippen LogP contribution in [0.15, 0.2) is 32.3 Å². The van der Waals surface area contributed by atoms with Crippen molar-refractivity contribution in [2.45, 2.75) is 32.7 Å². The largest absolute Gasteiger partial charge is 0.438 e. The van der Waals surface area contributed by atoms with E-state index in [-0.39, 0.29) is 46.1 Å². The number of halogens is 2. The molecule has 0 aliphatic rings. The van der Waals surface area contributed by atoms with Gasteiger partial charge in [0.25, 0.3) is 5.56 Å². The van der Waals surface area contributed by atoms with Gasteiger partial charge in [0.1, 0.15) is 5.75 Å². The first-order valence-electron chi connectivity index (χ1n) is 9.19. The maximum absolute atomic E-state index is 12.2. The maximum atomic E-state index is 12.2. The predicted octanol–water partition coefficient (Wildman–Crippen LogP) is 2.77. The number of carbonyl (C=O) groups excluding carboxylic acids is 1. The van der Waals surface area contributed by atoms with Crippen LogP contribution in [0.3, 0.4) is 0 Å². The van der Waals surface area contributed by atoms with E-state index in [1.54, 1.807) is 13.1 Å². The molecule has 0 radical (unpaired) electrons. The van der Waals surface area contributed by atoms with Crippen LogP contribution in [0.25, 0.3) is 0 Å². The van der Waals surface area contributed by atoms with Crippen molar-refractivity contribution < 1.29 is 14.1 Å². The molecule has 0 bridgehead atoms. The third-order valence-corrected chi connectivity index (χ3v) is 5.01. The second-order valence-electron chi connectivity index (χ2n) is 7.00. The van der Waals surface area contributed by atoms with Crippen molar-refractivity contribution in [3.8, 4) is 5.75 Å². The highest BCUT2D eigenvalue weighted by Crippen LogP contribution is 2.32. The predicted molar refractivity (Wildman–Crippen MR) is 113 cm³/mol. The van der Waals surface area contributed by atoms with E-state index in [4.69, 9.17) is 27.9 Å². The number of hydrogen-bond donors (Lipinski definition) is 2. The van der Waals surface area contributed by atoms with Gasteiger partial charge in [-0.15, -0.1) is 0 Å². The van der Waals surface area contributed by atoms with Crippen molar-refractivity contribution in [2.75, 3.05) is 0 Å². The van der Waals surface area contributed by atoms with E-state index < -0.39 is 11.8 Å². The molecule has 10 nitrogen and oxygen atoms in total. The van der Waals surface area contributed by atoms with E-state index in [0.29, 0.717) is 16.8 Å². The molecule has 0 aliphatic carbocycles. The Kier molecular flexibility index (Phi) is 6.81. The number of hydrogen-bond acceptors (Lipinski definition) is 7. The van der Waals surface area contributed by atoms with Gasteiger partial charge in [-0.1, -0.05) is 42.2 Å². The fourth-order valence-corrected chi connectivity index (χ4v) is 3.42. The molecule has 0 fully saturated rings. The molecule has 0 saturated heterocycles. The molecule has 1 amide bonds. The minimum absolute atomic E-state index is 0.0377. The van der Waals surface area contributed by atoms with E-state index in [1.807, 2.05) is 13.8 Å². The Morgan fingerprint density at radius 1 is 1.26 bits per heavy atom. The van der Waals surface area contributed by atoms with E-state index in [1.165, 1.54) is 16.8 Å². The maximum Gasteiger partial charge on any atom is 0.438 e. The molecule has 2 N–H and O–H groups in total. The Balaban J connectivity index is 1.74. The number of nitrogens with zero attached hydrogens (tertiary/aromatic N) is 3. The Labute approximate surface area is 186 Å². The van der Waals surface area contributed by atoms with Crippen molar-refractivity contribution in [2.24, 2.45) is 7.05 Å². The number of ether oxygens (including phenoxy) is 1. The molecule has 3 aromatic rings. The minimum Gasteiger partial charge on any atom is -0.410 e. The normalized spacial score (nSPS) is 11.0. The lowest BCUT2D eigenvalue weighted by Gasteiger charge is -2.13. The first-order valence-corrected chi connectivity index (χ1v) is 9.95. The van der Waals surface area contributed by atoms with Crippen LogP contribution >= 0.6 is 23.2 Å². The lowest BCUT2D eigenvalue weighted by Crippen LogP contribution is -2.27. The molecule has 1 aromatic carbocycles. The van der Waals surface area contributed by atoms with Crippen LogP contribution in [0.4, 0.5) is 4.79 Å². The molecule has 0 saturated carbocycles. The van der Waals surface area contributed by atoms with Gasteiger partial charge in [-0.05, 0) is 29.7 Å². The summed E-state index contributed by atoms with van der Waals surface area (Å²) in [7, 11) is 1.59. The summed E-state index contributed by atoms with van der Waals surface area (Å²) >= 11 is 12.7. The first-order chi connectivity index (χ1) is 14.6. The van der Waals surface area contributed by atoms with Crippen LogP contribution in [-0.2, 0) is 20.0 Å². The average molecular weight is 468 g/mol. The summed E-state index contributed by atoms with van der Waals surface area (Å²) in [6.07, 6.45) is -0.512. The Bertz CT molecular complexity index is 1210. The highest BCUT2D eigenvalue weighted by Gasteiger charge is 2.16. The number of carbonyl (C=O) groups is 1. The van der Waals surface area contributed by atoms with Crippen LogP contribution in [0.1, 0.15) is 42.4 Å². The van der Waals surface area contributed by atoms with Gasteiger partial charge >= 0.3 is 11.8 Å². The molecule has 3 rings (SSSR count). The van der Waals surface area contributed by atoms with Gasteiger partial charge in [0.2, 0.25) is 0 Å². The Hall–Kier alpha value is -3.11. The standard InChI is InChI=1S/C19H19Cl2N5O5/c1-9(2)12-4-10(24-26(3)17(12)27)5-13-14(20)6-11(7-15(13)21)30-18(28)22-8-16-23-19(29)31-25-16/h4,6-7,9H,5,8H2,1-3H3,(H,22,28)(H,23,25,29). The number of aryl methyl sites for hydroxylation is 1. The molecule has 31 heavy (non-hydrogen) atoms. The fourth-order valence-electron chi connectivity index (χ4n) is 2.82. The minimum atomic E-state index is -0.801. The number of nitrogens with one attached hydrogen (secondary N) is 2. The SMILES string of the molecule is CC(C)c1cc(Cc2c(Cl)cc(OC(=O)NCc3noc(=O)[nH]3)cc2Cl)nn(C)c1=O. The van der Waals surface area contributed by atoms with E-state index in [9.17, 15) is 14.4 Å². The van der Waals surface area contributed by atoms with Crippen LogP contribution in [-0.4, -0.2) is 26.0 Å². The van der Waals surface area contributed by atoms with Gasteiger partial charge in [0, 0.05) is 29.1 Å². The third kappa shape index (κ3) is 5.53. The zero-order valence-electron chi connectivity index (χ0n) is 16.9. The van der Waals surface area contributed by atoms with Gasteiger partial charge in [-0.3, -0.25) is 14.3 Å². The van der Waals surface area contributed by atoms with Crippen LogP contribution in [0, 0.1) is 0 Å². The van der Waals surface area contributed by atoms with Crippen molar-refractivity contribution in [1.29, 1.82) is 0 Å². The second-order valence-corrected chi connectivity index (χ2v) is 7.82. The molecule has 0 atom stereocenters. The number of aromatic amines is 1. The summed E-state index contributed by atoms with van der Waals surface area (Å²) in [5.74, 6) is -0.427. The average Bonchev–Trinajstić information content (AvgIpc) is 3.10. The number of aromatic nitrogens is 4. The number of rotatable bonds is 6. The molecule has 0 aliphatic heterocycles. The zero-order valence-corrected chi connectivity index (χ0v) is 18.4. The smallest absolute Gasteiger partial charge is 0.410 e. The monoisotopic (exact) mass is 467 g/mol. The summed E-state index contributed by atoms with van der Waals surface area (Å²) in [6.45, 7) is 3.76. The van der Waals surface area contributed by atoms with Crippen LogP contribution in [0.2, 0.25) is 10.0 Å². The third-order valence-electron chi connectivity index (χ3n) is 4.33. The molecular formula is C19H19Cl2N5O5. The fraction of sp³-hybridized carbons (Fsp3) is 0.316. The summed E-state index contributed by atoms with van der Waals surface area (Å²) in [6, 6.07) is 4.64. The van der Waals surface area contributed by atoms with E-state index in [0.717, 1.165) is 0 Å². The summed E-state index contributed by atoms with van der Waals surface area (Å²) in [4.78, 5) is 37.3. The van der Waals surface area contributed by atoms with Crippen molar-refractivity contribution in [1.82, 2.24) is 25.2 Å². The zero-order chi connectivity index (χ0) is 22.7. The van der Waals surface area contributed by atoms with Crippen molar-refractivity contribution in [3.05, 3.63) is 71.8 Å². The summed E-state index contributed by atoms with van der Waals surface area (Å²) in [5.41, 5.74) is 1.70. The molecule has 0 unspecified atom stereocenters. The molecular weight excluding hydrogens is 449 g/mol. The molecule has 12 heteroatoms. The Morgan fingerprint density at radius 2 is 1.94 bits per heavy atom. The number of H-pyrrole nitrogens is 1. The Morgan fingerprint density at radius 3 is 2.52 bits per heavy atom. The molecule has 164 valence electrons. The van der Waals surface area contributed by atoms with Gasteiger partial charge in [0.05, 0.1) is 12.2 Å².